The molecular weight excluding hydrogens is 202 g/mol. The predicted molar refractivity (Wildman–Crippen MR) is 40.8 cm³/mol. The van der Waals surface area contributed by atoms with Crippen LogP contribution in [0, 0.1) is 0 Å². The van der Waals surface area contributed by atoms with Gasteiger partial charge in [0.25, 0.3) is 0 Å². The fourth-order valence-electron chi connectivity index (χ4n) is 0.346. The van der Waals surface area contributed by atoms with Crippen LogP contribution in [0.4, 0.5) is 0 Å². The van der Waals surface area contributed by atoms with Crippen molar-refractivity contribution in [3.8, 4) is 0 Å². The quantitative estimate of drug-likeness (QED) is 0.412. The molecule has 32 valence electrons. The topological polar surface area (TPSA) is 0 Å². The summed E-state index contributed by atoms with van der Waals surface area (Å²) in [6.45, 7) is 0. The Morgan fingerprint density at radius 1 is 1.33 bits per heavy atom. The van der Waals surface area contributed by atoms with E-state index in [-0.39, 0.29) is 0 Å². The Hall–Kier alpha value is 0.742. The van der Waals surface area contributed by atoms with E-state index in [1.165, 1.54) is 0 Å². The molecule has 0 amide bonds. The first-order valence-electron chi connectivity index (χ1n) is 1.93. The molecule has 0 fully saturated rings. The van der Waals surface area contributed by atoms with Gasteiger partial charge in [-0.2, -0.15) is 0 Å². The van der Waals surface area contributed by atoms with Gasteiger partial charge in [-0.05, 0) is 0 Å². The molecule has 0 bridgehead atoms. The zero-order chi connectivity index (χ0) is 4.24. The fraction of sp³-hybridized carbons (Fsp3) is 0. The molecule has 0 aliphatic carbocycles. The molecule has 0 nitrogen and oxygen atoms in total. The van der Waals surface area contributed by atoms with Crippen LogP contribution in [0.1, 0.15) is 0 Å². The summed E-state index contributed by atoms with van der Waals surface area (Å²) in [6.07, 6.45) is 4.36. The van der Waals surface area contributed by atoms with E-state index < -0.39 is 0 Å². The van der Waals surface area contributed by atoms with E-state index in [0.717, 1.165) is 0 Å². The third-order valence-electron chi connectivity index (χ3n) is 0.614. The number of rotatable bonds is 0. The van der Waals surface area contributed by atoms with Gasteiger partial charge in [-0.3, -0.25) is 0 Å². The van der Waals surface area contributed by atoms with E-state index >= 15 is 0 Å². The third kappa shape index (κ3) is 1.46. The van der Waals surface area contributed by atoms with Crippen LogP contribution in [0.3, 0.4) is 0 Å². The summed E-state index contributed by atoms with van der Waals surface area (Å²) in [7, 11) is 0. The minimum absolute atomic E-state index is 0.371. The van der Waals surface area contributed by atoms with Gasteiger partial charge in [0.05, 0.1) is 0 Å². The molecule has 1 aliphatic rings. The summed E-state index contributed by atoms with van der Waals surface area (Å²) in [5.74, 6) is 0. The Morgan fingerprint density at radius 2 is 2.33 bits per heavy atom. The van der Waals surface area contributed by atoms with E-state index in [2.05, 4.69) is 21.2 Å². The molecule has 0 aromatic carbocycles. The average Bonchev–Trinajstić information content (AvgIpc) is 1.72. The van der Waals surface area contributed by atoms with Gasteiger partial charge in [0.1, 0.15) is 0 Å². The first-order chi connectivity index (χ1) is 3.00. The molecule has 0 atom stereocenters. The fourth-order valence-corrected chi connectivity index (χ4v) is 5.01. The molecule has 0 aromatic rings. The summed E-state index contributed by atoms with van der Waals surface area (Å²) in [4.78, 5) is 2.38. The number of halogens is 1. The molecule has 0 unspecified atom stereocenters. The molecule has 0 N–H and O–H groups in total. The first-order valence-corrected chi connectivity index (χ1v) is 9.62. The van der Waals surface area contributed by atoms with Crippen molar-refractivity contribution in [1.29, 1.82) is 0 Å². The van der Waals surface area contributed by atoms with Gasteiger partial charge >= 0.3 is 52.0 Å². The van der Waals surface area contributed by atoms with Crippen molar-refractivity contribution in [2.75, 3.05) is 0 Å². The Bertz CT molecular complexity index is 73.5. The maximum atomic E-state index is 2.38. The van der Waals surface area contributed by atoms with Gasteiger partial charge in [-0.25, -0.2) is 0 Å². The van der Waals surface area contributed by atoms with E-state index in [0.29, 0.717) is 30.8 Å². The van der Waals surface area contributed by atoms with E-state index in [1.54, 1.807) is 0 Å². The maximum absolute atomic E-state index is 2.38. The van der Waals surface area contributed by atoms with Crippen molar-refractivity contribution in [3.05, 3.63) is 21.2 Å². The zero-order valence-electron chi connectivity index (χ0n) is 3.42. The van der Waals surface area contributed by atoms with E-state index in [4.69, 9.17) is 0 Å². The van der Waals surface area contributed by atoms with E-state index in [9.17, 15) is 0 Å². The third-order valence-corrected chi connectivity index (χ3v) is 6.86. The second-order valence-corrected chi connectivity index (χ2v) is 8.71. The van der Waals surface area contributed by atoms with Gasteiger partial charge in [0.2, 0.25) is 0 Å². The van der Waals surface area contributed by atoms with Gasteiger partial charge in [-0.15, -0.1) is 0 Å². The van der Waals surface area contributed by atoms with Crippen molar-refractivity contribution >= 4 is 30.8 Å². The summed E-state index contributed by atoms with van der Waals surface area (Å²) in [6, 6.07) is 0. The summed E-state index contributed by atoms with van der Waals surface area (Å²) >= 11 is 0.815. The normalized spacial score (nSPS) is 18.7. The molecule has 0 saturated heterocycles. The number of hydrogen-bond donors (Lipinski definition) is 0. The zero-order valence-corrected chi connectivity index (χ0v) is 7.17. The molecule has 1 aliphatic heterocycles. The number of hydrogen-bond acceptors (Lipinski definition) is 0. The van der Waals surface area contributed by atoms with Crippen LogP contribution in [0.2, 0.25) is 0 Å². The second-order valence-electron chi connectivity index (χ2n) is 1.09. The van der Waals surface area contributed by atoms with Crippen molar-refractivity contribution in [2.24, 2.45) is 0 Å². The first kappa shape index (κ1) is 4.89. The van der Waals surface area contributed by atoms with Crippen LogP contribution in [-0.4, -0.2) is 11.9 Å². The molecule has 0 aromatic heterocycles. The molecule has 0 spiro atoms. The Kier molecular flexibility index (Phi) is 2.32. The SMILES string of the molecule is C1=[CH][AlH][IH]C=C1. The van der Waals surface area contributed by atoms with Crippen molar-refractivity contribution in [1.82, 2.24) is 0 Å². The van der Waals surface area contributed by atoms with Gasteiger partial charge in [0.15, 0.2) is 0 Å². The Labute approximate surface area is 51.8 Å². The monoisotopic (exact) mass is 208 g/mol. The summed E-state index contributed by atoms with van der Waals surface area (Å²) < 4.78 is 2.37. The van der Waals surface area contributed by atoms with Crippen molar-refractivity contribution in [2.45, 2.75) is 0 Å². The second kappa shape index (κ2) is 2.84. The number of allylic oxidation sites excluding steroid dienone is 2. The molecule has 1 rings (SSSR count). The van der Waals surface area contributed by atoms with Crippen LogP contribution in [-0.2, 0) is 0 Å². The van der Waals surface area contributed by atoms with Crippen molar-refractivity contribution < 1.29 is 0 Å². The van der Waals surface area contributed by atoms with Gasteiger partial charge < -0.3 is 0 Å². The molecule has 0 saturated carbocycles. The molecular formula is C4H6AlI. The Morgan fingerprint density at radius 3 is 2.50 bits per heavy atom. The van der Waals surface area contributed by atoms with E-state index in [1.807, 2.05) is 0 Å². The summed E-state index contributed by atoms with van der Waals surface area (Å²) in [5.41, 5.74) is 0. The average molecular weight is 208 g/mol. The molecule has 6 heavy (non-hydrogen) atoms. The Balaban J connectivity index is 2.46. The molecule has 0 radical (unpaired) electrons. The molecule has 2 heteroatoms. The van der Waals surface area contributed by atoms with Crippen molar-refractivity contribution in [3.63, 3.8) is 0 Å². The van der Waals surface area contributed by atoms with Gasteiger partial charge in [-0.1, -0.05) is 0 Å². The van der Waals surface area contributed by atoms with Crippen LogP contribution < -0.4 is 0 Å². The van der Waals surface area contributed by atoms with Gasteiger partial charge in [0, 0.05) is 0 Å². The van der Waals surface area contributed by atoms with Crippen LogP contribution in [0.5, 0.6) is 0 Å². The van der Waals surface area contributed by atoms with Crippen LogP contribution in [0.15, 0.2) is 21.2 Å². The predicted octanol–water partition coefficient (Wildman–Crippen LogP) is 1.08. The molecule has 1 heterocycles. The standard InChI is InChI=1S/C4H5I.Al.H/c1-2-3-4-5;;/h1-5H;;/q+1;-1;. The summed E-state index contributed by atoms with van der Waals surface area (Å²) in [5, 5.41) is 0. The van der Waals surface area contributed by atoms with Crippen LogP contribution >= 0.6 is 18.9 Å². The minimum atomic E-state index is 0.371. The van der Waals surface area contributed by atoms with Crippen LogP contribution in [0.25, 0.3) is 0 Å².